The summed E-state index contributed by atoms with van der Waals surface area (Å²) in [5.74, 6) is -0.387. The van der Waals surface area contributed by atoms with Crippen molar-refractivity contribution in [2.75, 3.05) is 45.1 Å². The summed E-state index contributed by atoms with van der Waals surface area (Å²) in [7, 11) is -2.09. The fourth-order valence-corrected chi connectivity index (χ4v) is 5.37. The Labute approximate surface area is 193 Å². The van der Waals surface area contributed by atoms with Crippen LogP contribution in [0.5, 0.6) is 0 Å². The molecule has 2 N–H and O–H groups in total. The fraction of sp³-hybridized carbons (Fsp3) is 0.250. The highest BCUT2D eigenvalue weighted by Crippen LogP contribution is 2.23. The highest BCUT2D eigenvalue weighted by Gasteiger charge is 2.30. The molecule has 0 aliphatic carbocycles. The van der Waals surface area contributed by atoms with Crippen LogP contribution in [0.1, 0.15) is 10.4 Å². The second-order valence-corrected chi connectivity index (χ2v) is 9.71. The van der Waals surface area contributed by atoms with Gasteiger partial charge >= 0.3 is 0 Å². The molecule has 9 heteroatoms. The van der Waals surface area contributed by atoms with Crippen LogP contribution in [0.2, 0.25) is 0 Å². The van der Waals surface area contributed by atoms with Gasteiger partial charge in [-0.3, -0.25) is 9.59 Å². The number of nitrogens with zero attached hydrogens (tertiary/aromatic N) is 2. The number of para-hydroxylation sites is 1. The molecular weight excluding hydrogens is 440 g/mol. The number of piperazine rings is 1. The van der Waals surface area contributed by atoms with E-state index in [9.17, 15) is 18.0 Å². The van der Waals surface area contributed by atoms with Crippen molar-refractivity contribution < 1.29 is 18.0 Å². The number of fused-ring (bicyclic) bond motifs is 1. The Balaban J connectivity index is 1.37. The maximum atomic E-state index is 13.1. The monoisotopic (exact) mass is 466 g/mol. The van der Waals surface area contributed by atoms with Crippen LogP contribution in [0.3, 0.4) is 0 Å². The number of rotatable bonds is 6. The summed E-state index contributed by atoms with van der Waals surface area (Å²) < 4.78 is 27.7. The number of carbonyl (C=O) groups is 2. The molecule has 172 valence electrons. The average Bonchev–Trinajstić information content (AvgIpc) is 2.86. The summed E-state index contributed by atoms with van der Waals surface area (Å²) in [6.45, 7) is 1.10. The summed E-state index contributed by atoms with van der Waals surface area (Å²) in [6.07, 6.45) is 0. The third-order valence-electron chi connectivity index (χ3n) is 5.78. The molecule has 1 saturated heterocycles. The van der Waals surface area contributed by atoms with Gasteiger partial charge in [0, 0.05) is 38.9 Å². The van der Waals surface area contributed by atoms with Crippen molar-refractivity contribution in [3.8, 4) is 0 Å². The normalized spacial score (nSPS) is 14.8. The van der Waals surface area contributed by atoms with Crippen molar-refractivity contribution in [1.29, 1.82) is 0 Å². The molecule has 1 aliphatic heterocycles. The maximum Gasteiger partial charge on any atom is 0.253 e. The van der Waals surface area contributed by atoms with E-state index in [4.69, 9.17) is 0 Å². The molecule has 3 aromatic rings. The SMILES string of the molecule is CNC(=O)c1ccccc1NCC(=O)N1CCN(S(=O)(=O)c2ccc3ccccc3c2)CC1. The first-order valence-corrected chi connectivity index (χ1v) is 12.2. The first kappa shape index (κ1) is 22.8. The molecule has 0 atom stereocenters. The van der Waals surface area contributed by atoms with Crippen molar-refractivity contribution in [1.82, 2.24) is 14.5 Å². The molecule has 0 aromatic heterocycles. The van der Waals surface area contributed by atoms with E-state index < -0.39 is 10.0 Å². The number of benzene rings is 3. The maximum absolute atomic E-state index is 13.1. The van der Waals surface area contributed by atoms with Gasteiger partial charge in [-0.2, -0.15) is 4.31 Å². The highest BCUT2D eigenvalue weighted by molar-refractivity contribution is 7.89. The van der Waals surface area contributed by atoms with Gasteiger partial charge in [-0.1, -0.05) is 42.5 Å². The largest absolute Gasteiger partial charge is 0.376 e. The zero-order valence-electron chi connectivity index (χ0n) is 18.3. The van der Waals surface area contributed by atoms with Crippen LogP contribution in [0, 0.1) is 0 Å². The Kier molecular flexibility index (Phi) is 6.62. The lowest BCUT2D eigenvalue weighted by Gasteiger charge is -2.34. The molecule has 2 amide bonds. The van der Waals surface area contributed by atoms with Crippen LogP contribution >= 0.6 is 0 Å². The molecular formula is C24H26N4O4S. The molecule has 8 nitrogen and oxygen atoms in total. The number of amides is 2. The van der Waals surface area contributed by atoms with Crippen LogP contribution < -0.4 is 10.6 Å². The first-order valence-electron chi connectivity index (χ1n) is 10.7. The van der Waals surface area contributed by atoms with E-state index in [2.05, 4.69) is 10.6 Å². The second-order valence-electron chi connectivity index (χ2n) is 7.77. The van der Waals surface area contributed by atoms with E-state index in [-0.39, 0.29) is 36.3 Å². The molecule has 1 heterocycles. The van der Waals surface area contributed by atoms with Crippen LogP contribution in [0.4, 0.5) is 5.69 Å². The minimum Gasteiger partial charge on any atom is -0.376 e. The van der Waals surface area contributed by atoms with E-state index in [1.54, 1.807) is 48.3 Å². The number of hydrogen-bond donors (Lipinski definition) is 2. The molecule has 0 unspecified atom stereocenters. The number of hydrogen-bond acceptors (Lipinski definition) is 5. The zero-order valence-corrected chi connectivity index (χ0v) is 19.1. The van der Waals surface area contributed by atoms with Crippen LogP contribution in [-0.2, 0) is 14.8 Å². The van der Waals surface area contributed by atoms with Gasteiger partial charge in [0.2, 0.25) is 15.9 Å². The topological polar surface area (TPSA) is 98.8 Å². The molecule has 1 fully saturated rings. The van der Waals surface area contributed by atoms with Crippen molar-refractivity contribution >= 4 is 38.3 Å². The Bertz CT molecular complexity index is 1280. The lowest BCUT2D eigenvalue weighted by Crippen LogP contribution is -2.51. The molecule has 4 rings (SSSR count). The minimum atomic E-state index is -3.64. The minimum absolute atomic E-state index is 0.0193. The molecule has 0 bridgehead atoms. The average molecular weight is 467 g/mol. The summed E-state index contributed by atoms with van der Waals surface area (Å²) in [6, 6.07) is 19.7. The van der Waals surface area contributed by atoms with Crippen LogP contribution in [-0.4, -0.2) is 69.2 Å². The lowest BCUT2D eigenvalue weighted by molar-refractivity contribution is -0.130. The van der Waals surface area contributed by atoms with Gasteiger partial charge in [0.05, 0.1) is 17.0 Å². The lowest BCUT2D eigenvalue weighted by atomic mass is 10.1. The van der Waals surface area contributed by atoms with Crippen LogP contribution in [0.25, 0.3) is 10.8 Å². The van der Waals surface area contributed by atoms with E-state index in [1.807, 2.05) is 30.3 Å². The molecule has 0 saturated carbocycles. The summed E-state index contributed by atoms with van der Waals surface area (Å²) in [5.41, 5.74) is 1.03. The predicted molar refractivity (Wildman–Crippen MR) is 128 cm³/mol. The first-order chi connectivity index (χ1) is 15.9. The molecule has 33 heavy (non-hydrogen) atoms. The van der Waals surface area contributed by atoms with Gasteiger partial charge in [-0.25, -0.2) is 8.42 Å². The second kappa shape index (κ2) is 9.60. The van der Waals surface area contributed by atoms with Crippen molar-refractivity contribution in [3.63, 3.8) is 0 Å². The third kappa shape index (κ3) is 4.84. The van der Waals surface area contributed by atoms with Gasteiger partial charge in [0.1, 0.15) is 0 Å². The van der Waals surface area contributed by atoms with E-state index in [0.717, 1.165) is 10.8 Å². The summed E-state index contributed by atoms with van der Waals surface area (Å²) >= 11 is 0. The Morgan fingerprint density at radius 2 is 1.55 bits per heavy atom. The van der Waals surface area contributed by atoms with Crippen molar-refractivity contribution in [2.45, 2.75) is 4.90 Å². The number of anilines is 1. The standard InChI is InChI=1S/C24H26N4O4S/c1-25-24(30)21-8-4-5-9-22(21)26-17-23(29)27-12-14-28(15-13-27)33(31,32)20-11-10-18-6-2-3-7-19(18)16-20/h2-11,16,26H,12-15,17H2,1H3,(H,25,30). The number of nitrogens with one attached hydrogen (secondary N) is 2. The number of carbonyl (C=O) groups excluding carboxylic acids is 2. The van der Waals surface area contributed by atoms with E-state index in [1.165, 1.54) is 4.31 Å². The highest BCUT2D eigenvalue weighted by atomic mass is 32.2. The Hall–Kier alpha value is -3.43. The van der Waals surface area contributed by atoms with Crippen LogP contribution in [0.15, 0.2) is 71.6 Å². The van der Waals surface area contributed by atoms with Gasteiger partial charge in [-0.15, -0.1) is 0 Å². The third-order valence-corrected chi connectivity index (χ3v) is 7.67. The van der Waals surface area contributed by atoms with Crippen molar-refractivity contribution in [3.05, 3.63) is 72.3 Å². The predicted octanol–water partition coefficient (Wildman–Crippen LogP) is 2.14. The van der Waals surface area contributed by atoms with Gasteiger partial charge in [-0.05, 0) is 35.0 Å². The van der Waals surface area contributed by atoms with E-state index >= 15 is 0 Å². The van der Waals surface area contributed by atoms with Gasteiger partial charge < -0.3 is 15.5 Å². The molecule has 1 aliphatic rings. The van der Waals surface area contributed by atoms with Gasteiger partial charge in [0.25, 0.3) is 5.91 Å². The van der Waals surface area contributed by atoms with Gasteiger partial charge in [0.15, 0.2) is 0 Å². The summed E-state index contributed by atoms with van der Waals surface area (Å²) in [5, 5.41) is 7.46. The number of sulfonamides is 1. The molecule has 0 spiro atoms. The molecule has 3 aromatic carbocycles. The fourth-order valence-electron chi connectivity index (χ4n) is 3.91. The zero-order chi connectivity index (χ0) is 23.4. The summed E-state index contributed by atoms with van der Waals surface area (Å²) in [4.78, 5) is 26.6. The molecule has 0 radical (unpaired) electrons. The smallest absolute Gasteiger partial charge is 0.253 e. The Morgan fingerprint density at radius 1 is 0.879 bits per heavy atom. The Morgan fingerprint density at radius 3 is 2.27 bits per heavy atom. The quantitative estimate of drug-likeness (QED) is 0.580. The van der Waals surface area contributed by atoms with E-state index in [0.29, 0.717) is 24.3 Å². The van der Waals surface area contributed by atoms with Crippen molar-refractivity contribution in [2.24, 2.45) is 0 Å².